The molecule has 1 amide bonds. The fourth-order valence-corrected chi connectivity index (χ4v) is 3.17. The molecular formula is C18H30N2O3. The van der Waals surface area contributed by atoms with Gasteiger partial charge in [0.25, 0.3) is 0 Å². The summed E-state index contributed by atoms with van der Waals surface area (Å²) in [4.78, 5) is 22.0. The molecule has 0 aromatic rings. The average molecular weight is 322 g/mol. The van der Waals surface area contributed by atoms with Crippen LogP contribution in [-0.4, -0.2) is 23.2 Å². The minimum absolute atomic E-state index is 0.106. The molecule has 0 saturated heterocycles. The SMILES string of the molecule is CC1=C(C/C=N/NC(=O)CCCCCC(=O)O)C(C)(C)CCC1. The van der Waals surface area contributed by atoms with Crippen molar-refractivity contribution < 1.29 is 14.7 Å². The van der Waals surface area contributed by atoms with Crippen LogP contribution in [0.15, 0.2) is 16.2 Å². The van der Waals surface area contributed by atoms with E-state index in [0.717, 1.165) is 19.3 Å². The van der Waals surface area contributed by atoms with Crippen molar-refractivity contribution in [3.05, 3.63) is 11.1 Å². The maximum atomic E-state index is 11.6. The second kappa shape index (κ2) is 9.48. The van der Waals surface area contributed by atoms with E-state index in [1.807, 2.05) is 0 Å². The number of hydrazone groups is 1. The molecular weight excluding hydrogens is 292 g/mol. The van der Waals surface area contributed by atoms with Crippen LogP contribution in [0, 0.1) is 5.41 Å². The lowest BCUT2D eigenvalue weighted by atomic mass is 9.72. The number of aliphatic carboxylic acids is 1. The topological polar surface area (TPSA) is 78.8 Å². The lowest BCUT2D eigenvalue weighted by molar-refractivity contribution is -0.137. The first-order valence-corrected chi connectivity index (χ1v) is 8.54. The van der Waals surface area contributed by atoms with Gasteiger partial charge in [-0.2, -0.15) is 5.10 Å². The van der Waals surface area contributed by atoms with Gasteiger partial charge in [-0.3, -0.25) is 9.59 Å². The summed E-state index contributed by atoms with van der Waals surface area (Å²) < 4.78 is 0. The van der Waals surface area contributed by atoms with Gasteiger partial charge in [-0.25, -0.2) is 5.43 Å². The average Bonchev–Trinajstić information content (AvgIpc) is 2.44. The molecule has 1 aliphatic rings. The molecule has 0 aromatic heterocycles. The number of nitrogens with zero attached hydrogens (tertiary/aromatic N) is 1. The number of carbonyl (C=O) groups excluding carboxylic acids is 1. The van der Waals surface area contributed by atoms with E-state index in [4.69, 9.17) is 5.11 Å². The van der Waals surface area contributed by atoms with Gasteiger partial charge in [0.1, 0.15) is 0 Å². The van der Waals surface area contributed by atoms with E-state index in [0.29, 0.717) is 19.3 Å². The van der Waals surface area contributed by atoms with E-state index in [2.05, 4.69) is 31.3 Å². The summed E-state index contributed by atoms with van der Waals surface area (Å²) in [5.74, 6) is -0.889. The van der Waals surface area contributed by atoms with E-state index in [1.54, 1.807) is 6.21 Å². The van der Waals surface area contributed by atoms with Gasteiger partial charge >= 0.3 is 5.97 Å². The van der Waals surface area contributed by atoms with Crippen molar-refractivity contribution in [2.24, 2.45) is 10.5 Å². The van der Waals surface area contributed by atoms with Gasteiger partial charge in [0.15, 0.2) is 0 Å². The molecule has 0 radical (unpaired) electrons. The lowest BCUT2D eigenvalue weighted by Crippen LogP contribution is -2.21. The minimum atomic E-state index is -0.783. The van der Waals surface area contributed by atoms with E-state index in [9.17, 15) is 9.59 Å². The number of rotatable bonds is 9. The highest BCUT2D eigenvalue weighted by Gasteiger charge is 2.27. The Bertz CT molecular complexity index is 479. The summed E-state index contributed by atoms with van der Waals surface area (Å²) in [6.07, 6.45) is 8.83. The van der Waals surface area contributed by atoms with Gasteiger partial charge in [0, 0.05) is 25.5 Å². The Labute approximate surface area is 139 Å². The number of allylic oxidation sites excluding steroid dienone is 2. The Morgan fingerprint density at radius 2 is 1.96 bits per heavy atom. The normalized spacial score (nSPS) is 17.5. The van der Waals surface area contributed by atoms with Gasteiger partial charge in [0.05, 0.1) is 0 Å². The Balaban J connectivity index is 2.25. The first-order chi connectivity index (χ1) is 10.8. The summed E-state index contributed by atoms with van der Waals surface area (Å²) in [7, 11) is 0. The Morgan fingerprint density at radius 3 is 2.61 bits per heavy atom. The maximum absolute atomic E-state index is 11.6. The zero-order chi connectivity index (χ0) is 17.3. The molecule has 130 valence electrons. The van der Waals surface area contributed by atoms with E-state index < -0.39 is 5.97 Å². The molecule has 23 heavy (non-hydrogen) atoms. The van der Waals surface area contributed by atoms with Crippen molar-refractivity contribution in [2.45, 2.75) is 78.6 Å². The summed E-state index contributed by atoms with van der Waals surface area (Å²) in [6, 6.07) is 0. The quantitative estimate of drug-likeness (QED) is 0.291. The van der Waals surface area contributed by atoms with Crippen molar-refractivity contribution in [1.82, 2.24) is 5.43 Å². The first kappa shape index (κ1) is 19.4. The van der Waals surface area contributed by atoms with Crippen molar-refractivity contribution in [3.8, 4) is 0 Å². The second-order valence-corrected chi connectivity index (χ2v) is 7.00. The number of hydrogen-bond donors (Lipinski definition) is 2. The van der Waals surface area contributed by atoms with Gasteiger partial charge in [0.2, 0.25) is 5.91 Å². The fraction of sp³-hybridized carbons (Fsp3) is 0.722. The number of carbonyl (C=O) groups is 2. The number of carboxylic acids is 1. The zero-order valence-electron chi connectivity index (χ0n) is 14.7. The minimum Gasteiger partial charge on any atom is -0.481 e. The van der Waals surface area contributed by atoms with Crippen LogP contribution < -0.4 is 5.43 Å². The number of hydrogen-bond acceptors (Lipinski definition) is 3. The molecule has 1 aliphatic carbocycles. The zero-order valence-corrected chi connectivity index (χ0v) is 14.7. The highest BCUT2D eigenvalue weighted by atomic mass is 16.4. The lowest BCUT2D eigenvalue weighted by Gasteiger charge is -2.34. The predicted molar refractivity (Wildman–Crippen MR) is 92.3 cm³/mol. The standard InChI is InChI=1S/C18H30N2O3/c1-14-8-7-12-18(2,3)15(14)11-13-19-20-16(21)9-5-4-6-10-17(22)23/h13H,4-12H2,1-3H3,(H,20,21)(H,22,23)/b19-13+. The number of nitrogens with one attached hydrogen (secondary N) is 1. The Kier molecular flexibility index (Phi) is 8.00. The van der Waals surface area contributed by atoms with Crippen molar-refractivity contribution >= 4 is 18.1 Å². The highest BCUT2D eigenvalue weighted by Crippen LogP contribution is 2.41. The third kappa shape index (κ3) is 7.44. The molecule has 0 aromatic carbocycles. The summed E-state index contributed by atoms with van der Waals surface area (Å²) >= 11 is 0. The van der Waals surface area contributed by atoms with Crippen LogP contribution in [0.5, 0.6) is 0 Å². The Morgan fingerprint density at radius 1 is 1.26 bits per heavy atom. The summed E-state index contributed by atoms with van der Waals surface area (Å²) in [5.41, 5.74) is 5.68. The second-order valence-electron chi connectivity index (χ2n) is 7.00. The largest absolute Gasteiger partial charge is 0.481 e. The molecule has 0 unspecified atom stereocenters. The molecule has 0 bridgehead atoms. The molecule has 5 nitrogen and oxygen atoms in total. The van der Waals surface area contributed by atoms with Crippen LogP contribution >= 0.6 is 0 Å². The first-order valence-electron chi connectivity index (χ1n) is 8.54. The van der Waals surface area contributed by atoms with E-state index in [-0.39, 0.29) is 17.7 Å². The van der Waals surface area contributed by atoms with E-state index >= 15 is 0 Å². The molecule has 5 heteroatoms. The summed E-state index contributed by atoms with van der Waals surface area (Å²) in [6.45, 7) is 6.74. The summed E-state index contributed by atoms with van der Waals surface area (Å²) in [5, 5.41) is 12.6. The number of carboxylic acid groups (broad SMARTS) is 1. The Hall–Kier alpha value is -1.65. The fourth-order valence-electron chi connectivity index (χ4n) is 3.17. The van der Waals surface area contributed by atoms with Crippen LogP contribution in [0.1, 0.15) is 78.6 Å². The molecule has 1 rings (SSSR count). The van der Waals surface area contributed by atoms with Crippen LogP contribution in [-0.2, 0) is 9.59 Å². The van der Waals surface area contributed by atoms with Crippen LogP contribution in [0.25, 0.3) is 0 Å². The number of amides is 1. The van der Waals surface area contributed by atoms with Crippen molar-refractivity contribution in [1.29, 1.82) is 0 Å². The number of unbranched alkanes of at least 4 members (excludes halogenated alkanes) is 2. The van der Waals surface area contributed by atoms with E-state index in [1.165, 1.54) is 24.0 Å². The van der Waals surface area contributed by atoms with Crippen LogP contribution in [0.2, 0.25) is 0 Å². The third-order valence-electron chi connectivity index (χ3n) is 4.56. The highest BCUT2D eigenvalue weighted by molar-refractivity contribution is 5.76. The van der Waals surface area contributed by atoms with Gasteiger partial charge in [-0.1, -0.05) is 31.4 Å². The molecule has 2 N–H and O–H groups in total. The molecule has 0 atom stereocenters. The predicted octanol–water partition coefficient (Wildman–Crippen LogP) is 4.04. The molecule has 0 saturated carbocycles. The maximum Gasteiger partial charge on any atom is 0.303 e. The third-order valence-corrected chi connectivity index (χ3v) is 4.56. The smallest absolute Gasteiger partial charge is 0.303 e. The van der Waals surface area contributed by atoms with Crippen molar-refractivity contribution in [2.75, 3.05) is 0 Å². The molecule has 0 aliphatic heterocycles. The molecule has 0 heterocycles. The van der Waals surface area contributed by atoms with Crippen LogP contribution in [0.4, 0.5) is 0 Å². The van der Waals surface area contributed by atoms with Crippen LogP contribution in [0.3, 0.4) is 0 Å². The van der Waals surface area contributed by atoms with Gasteiger partial charge in [-0.15, -0.1) is 0 Å². The molecule has 0 fully saturated rings. The molecule has 0 spiro atoms. The van der Waals surface area contributed by atoms with Gasteiger partial charge < -0.3 is 5.11 Å². The monoisotopic (exact) mass is 322 g/mol. The van der Waals surface area contributed by atoms with Gasteiger partial charge in [-0.05, 0) is 44.4 Å². The van der Waals surface area contributed by atoms with Crippen molar-refractivity contribution in [3.63, 3.8) is 0 Å².